The largest absolute Gasteiger partial charge is 0.504 e. The summed E-state index contributed by atoms with van der Waals surface area (Å²) in [5.74, 6) is 1.26. The summed E-state index contributed by atoms with van der Waals surface area (Å²) in [5.41, 5.74) is 2.20. The fourth-order valence-corrected chi connectivity index (χ4v) is 2.24. The van der Waals surface area contributed by atoms with Gasteiger partial charge in [0.25, 0.3) is 0 Å². The average molecular weight is 322 g/mol. The van der Waals surface area contributed by atoms with Crippen LogP contribution in [0.25, 0.3) is 0 Å². The van der Waals surface area contributed by atoms with E-state index in [0.717, 1.165) is 12.0 Å². The second-order valence-corrected chi connectivity index (χ2v) is 5.19. The average Bonchev–Trinajstić information content (AvgIpc) is 2.53. The van der Waals surface area contributed by atoms with Crippen LogP contribution in [0, 0.1) is 13.8 Å². The van der Waals surface area contributed by atoms with Crippen molar-refractivity contribution in [1.82, 2.24) is 0 Å². The summed E-state index contributed by atoms with van der Waals surface area (Å²) in [5, 5.41) is 10.4. The summed E-state index contributed by atoms with van der Waals surface area (Å²) in [7, 11) is 4.65. The van der Waals surface area contributed by atoms with Crippen molar-refractivity contribution >= 4 is 0 Å². The first-order valence-corrected chi connectivity index (χ1v) is 7.48. The molecule has 1 N–H and O–H groups in total. The van der Waals surface area contributed by atoms with Gasteiger partial charge in [-0.25, -0.2) is 0 Å². The molecule has 0 aromatic heterocycles. The number of aromatic hydroxyl groups is 1. The van der Waals surface area contributed by atoms with Gasteiger partial charge in [-0.2, -0.15) is 0 Å². The Bertz CT molecular complexity index is 545. The van der Waals surface area contributed by atoms with Crippen molar-refractivity contribution in [2.75, 3.05) is 34.5 Å². The van der Waals surface area contributed by atoms with E-state index in [4.69, 9.17) is 25.9 Å². The first-order valence-electron chi connectivity index (χ1n) is 7.48. The molecule has 0 aliphatic carbocycles. The predicted octanol–water partition coefficient (Wildman–Crippen LogP) is 3.33. The predicted molar refractivity (Wildman–Crippen MR) is 89.7 cm³/mol. The number of benzene rings is 1. The molecule has 23 heavy (non-hydrogen) atoms. The number of phenols is 1. The van der Waals surface area contributed by atoms with Crippen LogP contribution in [0.4, 0.5) is 0 Å². The number of methoxy groups -OCH3 is 3. The second kappa shape index (κ2) is 9.30. The highest BCUT2D eigenvalue weighted by Crippen LogP contribution is 2.49. The fraction of sp³-hybridized carbons (Fsp3) is 0.500. The maximum Gasteiger partial charge on any atom is 0.207 e. The summed E-state index contributed by atoms with van der Waals surface area (Å²) in [6, 6.07) is 0. The number of hydrogen-bond donors (Lipinski definition) is 1. The van der Waals surface area contributed by atoms with Crippen LogP contribution < -0.4 is 14.2 Å². The van der Waals surface area contributed by atoms with Crippen molar-refractivity contribution in [1.29, 1.82) is 0 Å². The van der Waals surface area contributed by atoms with Gasteiger partial charge in [0.1, 0.15) is 0 Å². The number of hydrogen-bond acceptors (Lipinski definition) is 5. The monoisotopic (exact) mass is 322 g/mol. The molecular weight excluding hydrogens is 296 g/mol. The number of rotatable bonds is 9. The molecule has 0 aliphatic heterocycles. The maximum atomic E-state index is 10.4. The number of ether oxygens (including phenoxy) is 4. The Hall–Kier alpha value is -1.88. The van der Waals surface area contributed by atoms with E-state index in [1.54, 1.807) is 7.11 Å². The van der Waals surface area contributed by atoms with Gasteiger partial charge in [-0.15, -0.1) is 0 Å². The number of allylic oxidation sites excluding steroid dienone is 2. The van der Waals surface area contributed by atoms with Crippen LogP contribution in [0.2, 0.25) is 0 Å². The van der Waals surface area contributed by atoms with Crippen LogP contribution in [0.3, 0.4) is 0 Å². The highest BCUT2D eigenvalue weighted by molar-refractivity contribution is 5.66. The van der Waals surface area contributed by atoms with Gasteiger partial charge in [-0.05, 0) is 27.2 Å². The molecule has 5 nitrogen and oxygen atoms in total. The third kappa shape index (κ3) is 4.79. The first kappa shape index (κ1) is 19.2. The number of phenolic OH excluding ortho intramolecular Hbond substituents is 1. The molecule has 0 heterocycles. The molecular formula is C18H26O5. The summed E-state index contributed by atoms with van der Waals surface area (Å²) in [6.45, 7) is 10.4. The van der Waals surface area contributed by atoms with E-state index in [2.05, 4.69) is 0 Å². The van der Waals surface area contributed by atoms with E-state index in [0.29, 0.717) is 42.3 Å². The summed E-state index contributed by atoms with van der Waals surface area (Å²) >= 11 is 0. The van der Waals surface area contributed by atoms with E-state index in [-0.39, 0.29) is 11.5 Å². The third-order valence-electron chi connectivity index (χ3n) is 3.49. The molecule has 5 heteroatoms. The highest BCUT2D eigenvalue weighted by atomic mass is 16.5. The van der Waals surface area contributed by atoms with Crippen LogP contribution in [0.15, 0.2) is 11.6 Å². The lowest BCUT2D eigenvalue weighted by Crippen LogP contribution is -2.07. The lowest BCUT2D eigenvalue weighted by atomic mass is 10.0. The summed E-state index contributed by atoms with van der Waals surface area (Å²) in [6.07, 6.45) is 3.14. The SMILES string of the molecule is [CH]/C(C)=C/Cc1c(C)c(O)c(OC)c(OC)c1OCCCOC. The molecule has 1 rings (SSSR count). The zero-order chi connectivity index (χ0) is 17.4. The van der Waals surface area contributed by atoms with Crippen molar-refractivity contribution < 1.29 is 24.1 Å². The van der Waals surface area contributed by atoms with Gasteiger partial charge in [-0.3, -0.25) is 0 Å². The van der Waals surface area contributed by atoms with E-state index in [1.165, 1.54) is 14.2 Å². The van der Waals surface area contributed by atoms with Crippen LogP contribution in [0.1, 0.15) is 24.5 Å². The Morgan fingerprint density at radius 3 is 2.26 bits per heavy atom. The first-order chi connectivity index (χ1) is 11.0. The van der Waals surface area contributed by atoms with Crippen molar-refractivity contribution in [3.63, 3.8) is 0 Å². The summed E-state index contributed by atoms with van der Waals surface area (Å²) < 4.78 is 21.6. The minimum absolute atomic E-state index is 0.0478. The zero-order valence-corrected chi connectivity index (χ0v) is 14.6. The van der Waals surface area contributed by atoms with Gasteiger partial charge >= 0.3 is 0 Å². The molecule has 0 unspecified atom stereocenters. The van der Waals surface area contributed by atoms with E-state index >= 15 is 0 Å². The molecule has 0 saturated heterocycles. The Kier molecular flexibility index (Phi) is 7.75. The minimum Gasteiger partial charge on any atom is -0.504 e. The zero-order valence-electron chi connectivity index (χ0n) is 14.6. The molecule has 128 valence electrons. The molecule has 0 aliphatic rings. The topological polar surface area (TPSA) is 57.2 Å². The molecule has 0 bridgehead atoms. The third-order valence-corrected chi connectivity index (χ3v) is 3.49. The van der Waals surface area contributed by atoms with Crippen LogP contribution in [-0.2, 0) is 11.2 Å². The van der Waals surface area contributed by atoms with Gasteiger partial charge in [0.2, 0.25) is 11.5 Å². The van der Waals surface area contributed by atoms with Crippen molar-refractivity contribution in [2.45, 2.75) is 26.7 Å². The molecule has 1 aromatic carbocycles. The highest BCUT2D eigenvalue weighted by Gasteiger charge is 2.24. The molecule has 0 spiro atoms. The fourth-order valence-electron chi connectivity index (χ4n) is 2.24. The van der Waals surface area contributed by atoms with Crippen molar-refractivity contribution in [3.05, 3.63) is 29.7 Å². The lowest BCUT2D eigenvalue weighted by molar-refractivity contribution is 0.169. The van der Waals surface area contributed by atoms with E-state index in [1.807, 2.05) is 19.9 Å². The van der Waals surface area contributed by atoms with Gasteiger partial charge in [0.05, 0.1) is 20.8 Å². The Balaban J connectivity index is 3.32. The molecule has 0 fully saturated rings. The van der Waals surface area contributed by atoms with Crippen LogP contribution in [0.5, 0.6) is 23.0 Å². The van der Waals surface area contributed by atoms with Gasteiger partial charge < -0.3 is 24.1 Å². The molecule has 1 aromatic rings. The Labute approximate surface area is 138 Å². The van der Waals surface area contributed by atoms with Crippen LogP contribution >= 0.6 is 0 Å². The van der Waals surface area contributed by atoms with E-state index < -0.39 is 0 Å². The molecule has 0 saturated carbocycles. The quantitative estimate of drug-likeness (QED) is 0.707. The van der Waals surface area contributed by atoms with Gasteiger partial charge in [-0.1, -0.05) is 11.6 Å². The van der Waals surface area contributed by atoms with E-state index in [9.17, 15) is 5.11 Å². The van der Waals surface area contributed by atoms with Crippen LogP contribution in [-0.4, -0.2) is 39.6 Å². The van der Waals surface area contributed by atoms with Gasteiger partial charge in [0, 0.05) is 31.3 Å². The standard InChI is InChI=1S/C18H26O5/c1-12(2)8-9-14-13(3)15(19)17(21-5)18(22-6)16(14)23-11-7-10-20-4/h1,8,19H,7,9-11H2,2-6H3/b12-8-. The minimum atomic E-state index is 0.0478. The molecule has 2 radical (unpaired) electrons. The molecule has 0 atom stereocenters. The van der Waals surface area contributed by atoms with Crippen molar-refractivity contribution in [2.24, 2.45) is 0 Å². The van der Waals surface area contributed by atoms with Crippen molar-refractivity contribution in [3.8, 4) is 23.0 Å². The Morgan fingerprint density at radius 2 is 1.74 bits per heavy atom. The second-order valence-electron chi connectivity index (χ2n) is 5.19. The maximum absolute atomic E-state index is 10.4. The lowest BCUT2D eigenvalue weighted by Gasteiger charge is -2.20. The smallest absolute Gasteiger partial charge is 0.207 e. The van der Waals surface area contributed by atoms with Gasteiger partial charge in [0.15, 0.2) is 11.5 Å². The Morgan fingerprint density at radius 1 is 1.09 bits per heavy atom. The summed E-state index contributed by atoms with van der Waals surface area (Å²) in [4.78, 5) is 0. The molecule has 0 amide bonds. The normalized spacial score (nSPS) is 11.5.